The fourth-order valence-electron chi connectivity index (χ4n) is 13.2. The first-order valence-corrected chi connectivity index (χ1v) is 39.9. The summed E-state index contributed by atoms with van der Waals surface area (Å²) in [5, 5.41) is 5.90. The van der Waals surface area contributed by atoms with Gasteiger partial charge in [0.05, 0.1) is 36.7 Å². The average Bonchev–Trinajstić information content (AvgIpc) is 1.28. The Bertz CT molecular complexity index is 4740. The fourth-order valence-corrected chi connectivity index (χ4v) is 16.3. The number of hydrogen-bond donors (Lipinski definition) is 2. The number of carbonyl (C=O) groups is 7. The van der Waals surface area contributed by atoms with Gasteiger partial charge in [-0.25, -0.2) is 51.0 Å². The Morgan fingerprint density at radius 3 is 1.69 bits per heavy atom. The van der Waals surface area contributed by atoms with Crippen LogP contribution in [0.25, 0.3) is 0 Å². The van der Waals surface area contributed by atoms with Crippen LogP contribution in [0.2, 0.25) is 5.02 Å². The molecule has 4 heterocycles. The van der Waals surface area contributed by atoms with Gasteiger partial charge in [-0.15, -0.1) is 0 Å². The smallest absolute Gasteiger partial charge is 0.338 e. The largest absolute Gasteiger partial charge is 0.493 e. The maximum Gasteiger partial charge on any atom is 0.338 e. The molecule has 24 nitrogen and oxygen atoms in total. The van der Waals surface area contributed by atoms with Gasteiger partial charge in [-0.2, -0.15) is 0 Å². The normalized spacial score (nSPS) is 16.2. The molecule has 3 atom stereocenters. The molecule has 4 aliphatic rings. The van der Waals surface area contributed by atoms with Gasteiger partial charge in [-0.05, 0) is 123 Å². The van der Waals surface area contributed by atoms with Gasteiger partial charge in [-0.3, -0.25) is 32.7 Å². The van der Waals surface area contributed by atoms with E-state index in [9.17, 15) is 50.4 Å². The van der Waals surface area contributed by atoms with E-state index in [1.165, 1.54) is 105 Å². The zero-order valence-electron chi connectivity index (χ0n) is 62.0. The van der Waals surface area contributed by atoms with Crippen molar-refractivity contribution >= 4 is 108 Å². The van der Waals surface area contributed by atoms with Crippen LogP contribution < -0.4 is 15.4 Å². The van der Waals surface area contributed by atoms with E-state index in [-0.39, 0.29) is 96.5 Å². The van der Waals surface area contributed by atoms with Gasteiger partial charge in [-0.1, -0.05) is 204 Å². The summed E-state index contributed by atoms with van der Waals surface area (Å²) >= 11 is 6.25. The Labute approximate surface area is 637 Å². The number of unbranched alkanes of at least 4 members (excludes halogenated alkanes) is 11. The first-order chi connectivity index (χ1) is 51.9. The summed E-state index contributed by atoms with van der Waals surface area (Å²) in [5.74, 6) is -3.84. The number of sulfonamides is 2. The molecule has 11 rings (SSSR count). The van der Waals surface area contributed by atoms with Crippen molar-refractivity contribution in [2.75, 3.05) is 50.6 Å². The molecule has 8 amide bonds. The van der Waals surface area contributed by atoms with Gasteiger partial charge in [0.2, 0.25) is 6.23 Å². The molecule has 27 heteroatoms. The van der Waals surface area contributed by atoms with Crippen LogP contribution in [0.4, 0.5) is 32.3 Å². The molecule has 108 heavy (non-hydrogen) atoms. The molecular formula is C81H93ClN10O14S2. The molecular weight excluding hydrogens is 1440 g/mol. The van der Waals surface area contributed by atoms with E-state index in [0.717, 1.165) is 55.9 Å². The zero-order valence-corrected chi connectivity index (χ0v) is 64.3. The van der Waals surface area contributed by atoms with Gasteiger partial charge in [0.25, 0.3) is 43.7 Å². The summed E-state index contributed by atoms with van der Waals surface area (Å²) in [6, 6.07) is 40.4. The minimum atomic E-state index is -4.30. The Kier molecular flexibility index (Phi) is 27.5. The van der Waals surface area contributed by atoms with Crippen molar-refractivity contribution in [3.8, 4) is 5.75 Å². The number of aliphatic imine (C=N–C) groups is 2. The number of imide groups is 2. The maximum atomic E-state index is 14.6. The van der Waals surface area contributed by atoms with Gasteiger partial charge in [0.1, 0.15) is 22.1 Å². The molecule has 0 aromatic heterocycles. The number of ether oxygens (including phenoxy) is 3. The fraction of sp³-hybridized carbons (Fsp3) is 0.370. The summed E-state index contributed by atoms with van der Waals surface area (Å²) in [7, 11) is -7.34. The number of nitrogens with one attached hydrogen (secondary N) is 2. The third-order valence-corrected chi connectivity index (χ3v) is 22.9. The highest BCUT2D eigenvalue weighted by Crippen LogP contribution is 2.38. The number of nitrogens with zero attached hydrogens (tertiary/aromatic N) is 8. The monoisotopic (exact) mass is 1530 g/mol. The molecule has 7 aromatic carbocycles. The van der Waals surface area contributed by atoms with Crippen molar-refractivity contribution in [1.82, 2.24) is 28.2 Å². The molecule has 0 spiro atoms. The first-order valence-electron chi connectivity index (χ1n) is 36.6. The van der Waals surface area contributed by atoms with Crippen LogP contribution in [0.3, 0.4) is 0 Å². The highest BCUT2D eigenvalue weighted by atomic mass is 35.5. The Morgan fingerprint density at radius 1 is 0.556 bits per heavy atom. The zero-order chi connectivity index (χ0) is 77.2. The highest BCUT2D eigenvalue weighted by molar-refractivity contribution is 7.90. The van der Waals surface area contributed by atoms with Gasteiger partial charge < -0.3 is 29.7 Å². The van der Waals surface area contributed by atoms with Crippen LogP contribution in [-0.2, 0) is 61.8 Å². The van der Waals surface area contributed by atoms with Crippen molar-refractivity contribution in [3.05, 3.63) is 208 Å². The minimum absolute atomic E-state index is 0.0209. The lowest BCUT2D eigenvalue weighted by Crippen LogP contribution is -2.58. The number of fused-ring (bicyclic) bond motifs is 2. The second kappa shape index (κ2) is 37.0. The van der Waals surface area contributed by atoms with Crippen LogP contribution in [0.5, 0.6) is 5.75 Å². The quantitative estimate of drug-likeness (QED) is 0.0220. The van der Waals surface area contributed by atoms with Crippen molar-refractivity contribution in [2.45, 2.75) is 166 Å². The van der Waals surface area contributed by atoms with E-state index in [1.54, 1.807) is 93.6 Å². The van der Waals surface area contributed by atoms with E-state index >= 15 is 0 Å². The number of hydrogen-bond acceptors (Lipinski definition) is 16. The molecule has 2 saturated heterocycles. The number of carbonyl (C=O) groups excluding carboxylic acids is 7. The lowest BCUT2D eigenvalue weighted by molar-refractivity contribution is -0.144. The molecule has 2 fully saturated rings. The number of benzene rings is 7. The van der Waals surface area contributed by atoms with Crippen LogP contribution in [-0.4, -0.2) is 157 Å². The van der Waals surface area contributed by atoms with Gasteiger partial charge >= 0.3 is 18.0 Å². The first kappa shape index (κ1) is 80.3. The molecule has 4 aliphatic heterocycles. The summed E-state index contributed by atoms with van der Waals surface area (Å²) < 4.78 is 75.3. The molecule has 3 unspecified atom stereocenters. The van der Waals surface area contributed by atoms with Gasteiger partial charge in [0.15, 0.2) is 23.8 Å². The van der Waals surface area contributed by atoms with Crippen molar-refractivity contribution in [2.24, 2.45) is 9.98 Å². The Morgan fingerprint density at radius 2 is 1.09 bits per heavy atom. The van der Waals surface area contributed by atoms with E-state index < -0.39 is 80.0 Å². The Hall–Kier alpha value is -10.3. The lowest BCUT2D eigenvalue weighted by atomic mass is 10.1. The van der Waals surface area contributed by atoms with E-state index in [1.807, 2.05) is 68.4 Å². The number of halogens is 1. The molecule has 570 valence electrons. The number of amides is 8. The number of amidine groups is 2. The number of anilines is 2. The van der Waals surface area contributed by atoms with E-state index in [2.05, 4.69) is 27.5 Å². The summed E-state index contributed by atoms with van der Waals surface area (Å²) in [6.07, 6.45) is 13.1. The second-order valence-electron chi connectivity index (χ2n) is 27.0. The standard InChI is InChI=1S/C44H57N5O8S.C37H36ClN5O6S/c1-5-7-8-9-10-11-12-13-14-15-16-22-29-57-43(52)34-28-27-32(3)36(30-34)46-40(50)38(39-45-35-25-20-21-26-37(35)58(54,55)47(39)4)49-41(51)42(56-6-2)48(44(49)53)31-33-23-18-17-19-24-33;1-24-14-17-31(26(3)20-24)49-19-9-18-42-35(39-29-12-7-8-13-32(29)50(42,47)48)34(36(45)40-30-21-28(38)16-15-25(30)2)43-33(44)23-41(37(43)46)22-27-10-5-4-6-11-27/h17-21,23-28,30,38,42H,5-16,22,29,31H2,1-4H3,(H,46,50);4-8,10-17,20-21,34H,9,18-19,22-23H2,1-3H3,(H,40,45). The highest BCUT2D eigenvalue weighted by Gasteiger charge is 2.55. The lowest BCUT2D eigenvalue weighted by Gasteiger charge is -2.36. The van der Waals surface area contributed by atoms with Crippen molar-refractivity contribution in [1.29, 1.82) is 0 Å². The second-order valence-corrected chi connectivity index (χ2v) is 31.2. The predicted molar refractivity (Wildman–Crippen MR) is 414 cm³/mol. The summed E-state index contributed by atoms with van der Waals surface area (Å²) in [5.41, 5.74) is 5.60. The van der Waals surface area contributed by atoms with Crippen LogP contribution in [0.15, 0.2) is 184 Å². The molecule has 0 bridgehead atoms. The maximum absolute atomic E-state index is 14.6. The molecule has 0 aliphatic carbocycles. The Balaban J connectivity index is 0.000000233. The molecule has 0 saturated carbocycles. The summed E-state index contributed by atoms with van der Waals surface area (Å²) in [6.45, 7) is 11.4. The topological polar surface area (TPSA) is 284 Å². The number of para-hydroxylation sites is 2. The molecule has 7 aromatic rings. The number of aryl methyl sites for hydroxylation is 4. The minimum Gasteiger partial charge on any atom is -0.493 e. The van der Waals surface area contributed by atoms with Crippen LogP contribution in [0.1, 0.15) is 141 Å². The summed E-state index contributed by atoms with van der Waals surface area (Å²) in [4.78, 5) is 112. The third-order valence-electron chi connectivity index (χ3n) is 19.0. The average molecular weight is 1530 g/mol. The number of likely N-dealkylation sites (N-methyl/N-ethyl adjacent to an activating group) is 1. The molecule has 2 N–H and O–H groups in total. The van der Waals surface area contributed by atoms with Crippen molar-refractivity contribution in [3.63, 3.8) is 0 Å². The predicted octanol–water partition coefficient (Wildman–Crippen LogP) is 14.6. The SMILES string of the molecule is CCCCCCCCCCCCCCOC(=O)c1ccc(C)c(NC(=O)C(C2=Nc3ccccc3S(=O)(=O)N2C)N2C(=O)C(OCC)N(Cc3ccccc3)C2=O)c1.Cc1ccc(OCCCN2C(C(C(=O)Nc3cc(Cl)ccc3C)N3C(=O)CN(Cc4ccccc4)C3=O)=Nc3ccccc3S2(=O)=O)c(C)c1. The van der Waals surface area contributed by atoms with Crippen LogP contribution >= 0.6 is 11.6 Å². The number of rotatable bonds is 33. The van der Waals surface area contributed by atoms with Crippen molar-refractivity contribution < 1.29 is 64.6 Å². The van der Waals surface area contributed by atoms with E-state index in [0.29, 0.717) is 38.0 Å². The number of esters is 1. The third kappa shape index (κ3) is 19.2. The molecule has 0 radical (unpaired) electrons. The van der Waals surface area contributed by atoms with E-state index in [4.69, 9.17) is 25.8 Å². The van der Waals surface area contributed by atoms with Crippen LogP contribution in [0, 0.1) is 27.7 Å². The van der Waals surface area contributed by atoms with Gasteiger partial charge in [0, 0.05) is 49.6 Å². The number of urea groups is 2.